The Hall–Kier alpha value is -1.97. The maximum absolute atomic E-state index is 12.8. The number of carbonyl (C=O) groups excluding carboxylic acids is 1. The van der Waals surface area contributed by atoms with Gasteiger partial charge < -0.3 is 0 Å². The molecule has 3 atom stereocenters. The van der Waals surface area contributed by atoms with Crippen LogP contribution in [0.4, 0.5) is 10.8 Å². The highest BCUT2D eigenvalue weighted by Gasteiger charge is 2.33. The molecule has 1 N–H and O–H groups in total. The lowest BCUT2D eigenvalue weighted by Gasteiger charge is -2.34. The van der Waals surface area contributed by atoms with E-state index in [0.29, 0.717) is 34.6 Å². The van der Waals surface area contributed by atoms with Gasteiger partial charge in [-0.25, -0.2) is 13.4 Å². The molecule has 1 saturated heterocycles. The van der Waals surface area contributed by atoms with Crippen molar-refractivity contribution in [1.29, 1.82) is 0 Å². The van der Waals surface area contributed by atoms with Gasteiger partial charge >= 0.3 is 0 Å². The molecular formula is C22H30N4O3S2. The smallest absolute Gasteiger partial charge is 0.257 e. The van der Waals surface area contributed by atoms with Gasteiger partial charge in [-0.2, -0.15) is 0 Å². The van der Waals surface area contributed by atoms with Crippen molar-refractivity contribution < 1.29 is 13.2 Å². The van der Waals surface area contributed by atoms with Gasteiger partial charge in [0.15, 0.2) is 5.13 Å². The number of likely N-dealkylation sites (tertiary alicyclic amines) is 1. The Balaban J connectivity index is 1.42. The summed E-state index contributed by atoms with van der Waals surface area (Å²) in [5, 5.41) is 5.49. The maximum Gasteiger partial charge on any atom is 0.257 e. The van der Waals surface area contributed by atoms with Gasteiger partial charge in [-0.05, 0) is 55.4 Å². The van der Waals surface area contributed by atoms with Crippen LogP contribution in [0.1, 0.15) is 48.8 Å². The molecule has 1 aromatic heterocycles. The molecule has 0 bridgehead atoms. The Labute approximate surface area is 188 Å². The van der Waals surface area contributed by atoms with E-state index in [1.807, 2.05) is 12.3 Å². The summed E-state index contributed by atoms with van der Waals surface area (Å²) in [5.41, 5.74) is 3.02. The lowest BCUT2D eigenvalue weighted by molar-refractivity contribution is 0.102. The average Bonchev–Trinajstić information content (AvgIpc) is 3.22. The van der Waals surface area contributed by atoms with Gasteiger partial charge in [0.05, 0.1) is 17.6 Å². The molecule has 0 unspecified atom stereocenters. The highest BCUT2D eigenvalue weighted by molar-refractivity contribution is 7.92. The van der Waals surface area contributed by atoms with Crippen molar-refractivity contribution in [1.82, 2.24) is 9.88 Å². The minimum Gasteiger partial charge on any atom is -0.298 e. The van der Waals surface area contributed by atoms with Gasteiger partial charge in [0.25, 0.3) is 5.91 Å². The standard InChI is InChI=1S/C22H30N4O3S2/c1-14-7-15(2)11-25(10-14)12-19-13-30-22(23-19)24-21(27)17-5-6-20-18(9-17)8-16(3)26(20)31(4,28)29/h5-6,9,13-16H,7-8,10-12H2,1-4H3,(H,23,24,27)/t14-,15-,16-/m1/s1. The monoisotopic (exact) mass is 462 g/mol. The molecule has 3 heterocycles. The Kier molecular flexibility index (Phi) is 6.11. The van der Waals surface area contributed by atoms with Crippen LogP contribution < -0.4 is 9.62 Å². The molecule has 168 valence electrons. The fourth-order valence-electron chi connectivity index (χ4n) is 5.01. The summed E-state index contributed by atoms with van der Waals surface area (Å²) in [6.07, 6.45) is 3.08. The lowest BCUT2D eigenvalue weighted by atomic mass is 9.92. The predicted octanol–water partition coefficient (Wildman–Crippen LogP) is 3.58. The van der Waals surface area contributed by atoms with E-state index in [4.69, 9.17) is 0 Å². The van der Waals surface area contributed by atoms with Crippen molar-refractivity contribution in [3.05, 3.63) is 40.4 Å². The number of nitrogens with one attached hydrogen (secondary N) is 1. The van der Waals surface area contributed by atoms with E-state index in [2.05, 4.69) is 29.0 Å². The largest absolute Gasteiger partial charge is 0.298 e. The van der Waals surface area contributed by atoms with Crippen LogP contribution in [0.3, 0.4) is 0 Å². The van der Waals surface area contributed by atoms with Gasteiger partial charge in [-0.3, -0.25) is 19.3 Å². The minimum atomic E-state index is -3.34. The van der Waals surface area contributed by atoms with Crippen LogP contribution in [-0.4, -0.2) is 49.6 Å². The minimum absolute atomic E-state index is 0.148. The van der Waals surface area contributed by atoms with Crippen molar-refractivity contribution in [3.8, 4) is 0 Å². The molecule has 9 heteroatoms. The number of benzene rings is 1. The van der Waals surface area contributed by atoms with Crippen LogP contribution in [0, 0.1) is 11.8 Å². The van der Waals surface area contributed by atoms with Gasteiger partial charge in [-0.1, -0.05) is 13.8 Å². The second-order valence-corrected chi connectivity index (χ2v) is 11.9. The fraction of sp³-hybridized carbons (Fsp3) is 0.545. The average molecular weight is 463 g/mol. The summed E-state index contributed by atoms with van der Waals surface area (Å²) in [6, 6.07) is 5.04. The number of hydrogen-bond acceptors (Lipinski definition) is 6. The summed E-state index contributed by atoms with van der Waals surface area (Å²) < 4.78 is 25.6. The Morgan fingerprint density at radius 3 is 2.61 bits per heavy atom. The molecule has 0 saturated carbocycles. The van der Waals surface area contributed by atoms with Crippen LogP contribution in [-0.2, 0) is 23.0 Å². The number of amides is 1. The van der Waals surface area contributed by atoms with Crippen molar-refractivity contribution in [2.75, 3.05) is 29.0 Å². The van der Waals surface area contributed by atoms with Crippen LogP contribution >= 0.6 is 11.3 Å². The van der Waals surface area contributed by atoms with Gasteiger partial charge in [0.1, 0.15) is 0 Å². The summed E-state index contributed by atoms with van der Waals surface area (Å²) in [4.78, 5) is 19.8. The molecule has 7 nitrogen and oxygen atoms in total. The third kappa shape index (κ3) is 4.94. The molecule has 2 aliphatic heterocycles. The molecule has 1 fully saturated rings. The number of anilines is 2. The first-order chi connectivity index (χ1) is 14.6. The third-order valence-electron chi connectivity index (χ3n) is 5.95. The first-order valence-corrected chi connectivity index (χ1v) is 13.4. The summed E-state index contributed by atoms with van der Waals surface area (Å²) >= 11 is 1.44. The van der Waals surface area contributed by atoms with E-state index in [1.54, 1.807) is 18.2 Å². The predicted molar refractivity (Wildman–Crippen MR) is 125 cm³/mol. The van der Waals surface area contributed by atoms with Crippen LogP contribution in [0.2, 0.25) is 0 Å². The number of piperidine rings is 1. The molecule has 0 aliphatic carbocycles. The maximum atomic E-state index is 12.8. The number of fused-ring (bicyclic) bond motifs is 1. The van der Waals surface area contributed by atoms with Crippen molar-refractivity contribution in [2.24, 2.45) is 11.8 Å². The van der Waals surface area contributed by atoms with E-state index in [1.165, 1.54) is 28.3 Å². The first-order valence-electron chi connectivity index (χ1n) is 10.7. The molecule has 2 aliphatic rings. The third-order valence-corrected chi connectivity index (χ3v) is 8.03. The quantitative estimate of drug-likeness (QED) is 0.734. The van der Waals surface area contributed by atoms with E-state index >= 15 is 0 Å². The Bertz CT molecular complexity index is 1070. The Morgan fingerprint density at radius 1 is 1.23 bits per heavy atom. The van der Waals surface area contributed by atoms with Gasteiger partial charge in [0.2, 0.25) is 10.0 Å². The number of carbonyl (C=O) groups is 1. The SMILES string of the molecule is C[C@@H]1C[C@@H](C)CN(Cc2csc(NC(=O)c3ccc4c(c3)C[C@@H](C)N4S(C)(=O)=O)n2)C1. The number of rotatable bonds is 5. The second-order valence-electron chi connectivity index (χ2n) is 9.19. The van der Waals surface area contributed by atoms with Crippen molar-refractivity contribution in [3.63, 3.8) is 0 Å². The highest BCUT2D eigenvalue weighted by atomic mass is 32.2. The summed E-state index contributed by atoms with van der Waals surface area (Å²) in [7, 11) is -3.34. The van der Waals surface area contributed by atoms with E-state index in [-0.39, 0.29) is 11.9 Å². The first kappa shape index (κ1) is 22.2. The van der Waals surface area contributed by atoms with E-state index < -0.39 is 10.0 Å². The number of thiazole rings is 1. The van der Waals surface area contributed by atoms with Gasteiger partial charge in [-0.15, -0.1) is 11.3 Å². The molecular weight excluding hydrogens is 432 g/mol. The van der Waals surface area contributed by atoms with Crippen LogP contribution in [0.5, 0.6) is 0 Å². The second kappa shape index (κ2) is 8.52. The fourth-order valence-corrected chi connectivity index (χ4v) is 6.97. The lowest BCUT2D eigenvalue weighted by Crippen LogP contribution is -2.38. The number of nitrogens with zero attached hydrogens (tertiary/aromatic N) is 3. The molecule has 4 rings (SSSR count). The number of hydrogen-bond donors (Lipinski definition) is 1. The molecule has 0 radical (unpaired) electrons. The zero-order valence-electron chi connectivity index (χ0n) is 18.5. The highest BCUT2D eigenvalue weighted by Crippen LogP contribution is 2.35. The van der Waals surface area contributed by atoms with Crippen molar-refractivity contribution >= 4 is 38.1 Å². The van der Waals surface area contributed by atoms with E-state index in [0.717, 1.165) is 30.9 Å². The van der Waals surface area contributed by atoms with Crippen LogP contribution in [0.15, 0.2) is 23.6 Å². The normalized spacial score (nSPS) is 24.3. The van der Waals surface area contributed by atoms with Crippen molar-refractivity contribution in [2.45, 2.75) is 46.2 Å². The molecule has 31 heavy (non-hydrogen) atoms. The molecule has 1 amide bonds. The topological polar surface area (TPSA) is 82.6 Å². The van der Waals surface area contributed by atoms with E-state index in [9.17, 15) is 13.2 Å². The summed E-state index contributed by atoms with van der Waals surface area (Å²) in [5.74, 6) is 1.17. The zero-order valence-corrected chi connectivity index (χ0v) is 20.1. The Morgan fingerprint density at radius 2 is 1.94 bits per heavy atom. The number of sulfonamides is 1. The van der Waals surface area contributed by atoms with Crippen LogP contribution in [0.25, 0.3) is 0 Å². The number of aromatic nitrogens is 1. The summed E-state index contributed by atoms with van der Waals surface area (Å²) in [6.45, 7) is 9.44. The zero-order chi connectivity index (χ0) is 22.3. The molecule has 0 spiro atoms. The molecule has 2 aromatic rings. The molecule has 1 aromatic carbocycles. The van der Waals surface area contributed by atoms with Gasteiger partial charge in [0, 0.05) is 36.6 Å².